The number of ketones is 1. The molecule has 0 fully saturated rings. The summed E-state index contributed by atoms with van der Waals surface area (Å²) in [6, 6.07) is 10.8. The predicted molar refractivity (Wildman–Crippen MR) is 70.0 cm³/mol. The Morgan fingerprint density at radius 1 is 1.10 bits per heavy atom. The van der Waals surface area contributed by atoms with E-state index in [9.17, 15) is 13.6 Å². The van der Waals surface area contributed by atoms with E-state index in [1.165, 1.54) is 12.1 Å². The molecule has 0 amide bonds. The molecule has 1 unspecified atom stereocenters. The lowest BCUT2D eigenvalue weighted by molar-refractivity contribution is 0.0928. The Labute approximate surface area is 115 Å². The summed E-state index contributed by atoms with van der Waals surface area (Å²) < 4.78 is 32.5. The number of halogens is 2. The van der Waals surface area contributed by atoms with Gasteiger partial charge in [-0.25, -0.2) is 8.78 Å². The van der Waals surface area contributed by atoms with Crippen molar-refractivity contribution in [1.82, 2.24) is 0 Å². The standard InChI is InChI=1S/C16H12F2O2/c17-13-6-3-5-12(15(13)18)16(19)11-8-9-20-14-7-2-1-4-10(11)14/h1-7,11H,8-9H2. The van der Waals surface area contributed by atoms with Crippen LogP contribution >= 0.6 is 0 Å². The van der Waals surface area contributed by atoms with Crippen molar-refractivity contribution in [3.05, 3.63) is 65.2 Å². The molecule has 3 rings (SSSR count). The molecule has 1 aliphatic rings. The Kier molecular flexibility index (Phi) is 3.22. The molecule has 4 heteroatoms. The van der Waals surface area contributed by atoms with E-state index in [1.807, 2.05) is 6.07 Å². The summed E-state index contributed by atoms with van der Waals surface area (Å²) in [6.07, 6.45) is 0.464. The number of fused-ring (bicyclic) bond motifs is 1. The predicted octanol–water partition coefficient (Wildman–Crippen LogP) is 3.71. The highest BCUT2D eigenvalue weighted by molar-refractivity contribution is 6.01. The van der Waals surface area contributed by atoms with E-state index < -0.39 is 23.3 Å². The van der Waals surface area contributed by atoms with Crippen molar-refractivity contribution in [2.45, 2.75) is 12.3 Å². The second-order valence-corrected chi connectivity index (χ2v) is 4.69. The highest BCUT2D eigenvalue weighted by Gasteiger charge is 2.30. The molecule has 2 aromatic carbocycles. The van der Waals surface area contributed by atoms with Crippen LogP contribution in [0.3, 0.4) is 0 Å². The van der Waals surface area contributed by atoms with Crippen LogP contribution < -0.4 is 4.74 Å². The van der Waals surface area contributed by atoms with Gasteiger partial charge in [0.15, 0.2) is 17.4 Å². The van der Waals surface area contributed by atoms with E-state index in [1.54, 1.807) is 18.2 Å². The summed E-state index contributed by atoms with van der Waals surface area (Å²) in [7, 11) is 0. The zero-order valence-corrected chi connectivity index (χ0v) is 10.6. The molecule has 1 aliphatic heterocycles. The molecule has 0 saturated carbocycles. The first-order valence-corrected chi connectivity index (χ1v) is 6.38. The summed E-state index contributed by atoms with van der Waals surface area (Å²) in [4.78, 5) is 12.5. The minimum Gasteiger partial charge on any atom is -0.493 e. The molecule has 1 atom stereocenters. The molecule has 20 heavy (non-hydrogen) atoms. The van der Waals surface area contributed by atoms with Crippen molar-refractivity contribution < 1.29 is 18.3 Å². The summed E-state index contributed by atoms with van der Waals surface area (Å²) >= 11 is 0. The molecule has 0 saturated heterocycles. The molecule has 0 spiro atoms. The smallest absolute Gasteiger partial charge is 0.173 e. The Hall–Kier alpha value is -2.23. The molecule has 0 bridgehead atoms. The van der Waals surface area contributed by atoms with E-state index in [4.69, 9.17) is 4.74 Å². The lowest BCUT2D eigenvalue weighted by Gasteiger charge is -2.25. The van der Waals surface area contributed by atoms with Crippen LogP contribution in [0.25, 0.3) is 0 Å². The van der Waals surface area contributed by atoms with Crippen LogP contribution in [0.5, 0.6) is 5.75 Å². The first-order chi connectivity index (χ1) is 9.68. The fourth-order valence-corrected chi connectivity index (χ4v) is 2.50. The fourth-order valence-electron chi connectivity index (χ4n) is 2.50. The number of ether oxygens (including phenoxy) is 1. The van der Waals surface area contributed by atoms with E-state index in [-0.39, 0.29) is 5.56 Å². The number of hydrogen-bond acceptors (Lipinski definition) is 2. The molecule has 102 valence electrons. The van der Waals surface area contributed by atoms with Gasteiger partial charge >= 0.3 is 0 Å². The summed E-state index contributed by atoms with van der Waals surface area (Å²) in [5.74, 6) is -2.35. The third-order valence-corrected chi connectivity index (χ3v) is 3.49. The fraction of sp³-hybridized carbons (Fsp3) is 0.188. The molecule has 0 radical (unpaired) electrons. The van der Waals surface area contributed by atoms with Crippen LogP contribution in [-0.2, 0) is 0 Å². The van der Waals surface area contributed by atoms with Gasteiger partial charge in [0.05, 0.1) is 18.1 Å². The number of benzene rings is 2. The lowest BCUT2D eigenvalue weighted by atomic mass is 9.86. The van der Waals surface area contributed by atoms with Crippen molar-refractivity contribution in [2.75, 3.05) is 6.61 Å². The number of rotatable bonds is 2. The van der Waals surface area contributed by atoms with Gasteiger partial charge in [0, 0.05) is 5.56 Å². The zero-order chi connectivity index (χ0) is 14.1. The van der Waals surface area contributed by atoms with Crippen molar-refractivity contribution in [3.63, 3.8) is 0 Å². The second kappa shape index (κ2) is 5.04. The zero-order valence-electron chi connectivity index (χ0n) is 10.6. The van der Waals surface area contributed by atoms with E-state index in [0.717, 1.165) is 11.6 Å². The Morgan fingerprint density at radius 3 is 2.75 bits per heavy atom. The Bertz CT molecular complexity index is 667. The average molecular weight is 274 g/mol. The van der Waals surface area contributed by atoms with Gasteiger partial charge in [-0.05, 0) is 24.6 Å². The van der Waals surface area contributed by atoms with Crippen molar-refractivity contribution in [2.24, 2.45) is 0 Å². The molecule has 2 aromatic rings. The van der Waals surface area contributed by atoms with Gasteiger partial charge in [-0.2, -0.15) is 0 Å². The van der Waals surface area contributed by atoms with Crippen LogP contribution in [0.15, 0.2) is 42.5 Å². The number of carbonyl (C=O) groups is 1. The minimum absolute atomic E-state index is 0.202. The van der Waals surface area contributed by atoms with Crippen LogP contribution in [0, 0.1) is 11.6 Å². The Morgan fingerprint density at radius 2 is 1.90 bits per heavy atom. The topological polar surface area (TPSA) is 26.3 Å². The number of para-hydroxylation sites is 1. The van der Waals surface area contributed by atoms with Crippen LogP contribution in [0.2, 0.25) is 0 Å². The number of hydrogen-bond donors (Lipinski definition) is 0. The molecule has 1 heterocycles. The van der Waals surface area contributed by atoms with Gasteiger partial charge < -0.3 is 4.74 Å². The maximum atomic E-state index is 13.8. The normalized spacial score (nSPS) is 17.2. The lowest BCUT2D eigenvalue weighted by Crippen LogP contribution is -2.22. The highest BCUT2D eigenvalue weighted by atomic mass is 19.2. The number of carbonyl (C=O) groups excluding carboxylic acids is 1. The molecular formula is C16H12F2O2. The SMILES string of the molecule is O=C(c1cccc(F)c1F)C1CCOc2ccccc21. The van der Waals surface area contributed by atoms with Crippen LogP contribution in [0.4, 0.5) is 8.78 Å². The maximum Gasteiger partial charge on any atom is 0.173 e. The van der Waals surface area contributed by atoms with Gasteiger partial charge in [0.1, 0.15) is 5.75 Å². The average Bonchev–Trinajstić information content (AvgIpc) is 2.49. The molecule has 0 aliphatic carbocycles. The molecular weight excluding hydrogens is 262 g/mol. The van der Waals surface area contributed by atoms with Crippen LogP contribution in [-0.4, -0.2) is 12.4 Å². The van der Waals surface area contributed by atoms with E-state index in [2.05, 4.69) is 0 Å². The quantitative estimate of drug-likeness (QED) is 0.780. The first-order valence-electron chi connectivity index (χ1n) is 6.38. The summed E-state index contributed by atoms with van der Waals surface area (Å²) in [5, 5.41) is 0. The van der Waals surface area contributed by atoms with Crippen molar-refractivity contribution in [1.29, 1.82) is 0 Å². The van der Waals surface area contributed by atoms with Gasteiger partial charge in [-0.1, -0.05) is 24.3 Å². The first kappa shape index (κ1) is 12.8. The monoisotopic (exact) mass is 274 g/mol. The van der Waals surface area contributed by atoms with Gasteiger partial charge in [0.25, 0.3) is 0 Å². The molecule has 0 aromatic heterocycles. The van der Waals surface area contributed by atoms with Gasteiger partial charge in [-0.3, -0.25) is 4.79 Å². The highest BCUT2D eigenvalue weighted by Crippen LogP contribution is 2.36. The summed E-state index contributed by atoms with van der Waals surface area (Å²) in [6.45, 7) is 0.393. The molecule has 0 N–H and O–H groups in total. The number of Topliss-reactive ketones (excluding diaryl/α,β-unsaturated/α-hetero) is 1. The third kappa shape index (κ3) is 2.07. The van der Waals surface area contributed by atoms with Crippen LogP contribution in [0.1, 0.15) is 28.3 Å². The van der Waals surface area contributed by atoms with Gasteiger partial charge in [0.2, 0.25) is 0 Å². The summed E-state index contributed by atoms with van der Waals surface area (Å²) in [5.41, 5.74) is 0.527. The minimum atomic E-state index is -1.08. The molecule has 2 nitrogen and oxygen atoms in total. The third-order valence-electron chi connectivity index (χ3n) is 3.49. The van der Waals surface area contributed by atoms with E-state index in [0.29, 0.717) is 18.8 Å². The maximum absolute atomic E-state index is 13.8. The largest absolute Gasteiger partial charge is 0.493 e. The Balaban J connectivity index is 2.02. The second-order valence-electron chi connectivity index (χ2n) is 4.69. The van der Waals surface area contributed by atoms with Crippen molar-refractivity contribution in [3.8, 4) is 5.75 Å². The van der Waals surface area contributed by atoms with Gasteiger partial charge in [-0.15, -0.1) is 0 Å². The van der Waals surface area contributed by atoms with Crippen molar-refractivity contribution >= 4 is 5.78 Å². The van der Waals surface area contributed by atoms with E-state index >= 15 is 0 Å².